The molecule has 1 aromatic carbocycles. The Balaban J connectivity index is 2.72. The summed E-state index contributed by atoms with van der Waals surface area (Å²) in [7, 11) is 1.60. The van der Waals surface area contributed by atoms with Crippen LogP contribution in [0.15, 0.2) is 24.3 Å². The van der Waals surface area contributed by atoms with E-state index in [-0.39, 0.29) is 5.78 Å². The molecule has 0 unspecified atom stereocenters. The summed E-state index contributed by atoms with van der Waals surface area (Å²) >= 11 is 0. The Morgan fingerprint density at radius 1 is 1.31 bits per heavy atom. The van der Waals surface area contributed by atoms with Crippen LogP contribution in [0.2, 0.25) is 0 Å². The molecule has 0 aromatic heterocycles. The number of hydrogen-bond acceptors (Lipinski definition) is 3. The molecular formula is C13H19NO2. The average molecular weight is 221 g/mol. The van der Waals surface area contributed by atoms with Gasteiger partial charge in [0.25, 0.3) is 0 Å². The Labute approximate surface area is 96.6 Å². The van der Waals surface area contributed by atoms with Crippen molar-refractivity contribution < 1.29 is 9.53 Å². The number of rotatable bonds is 5. The van der Waals surface area contributed by atoms with Crippen LogP contribution in [0.3, 0.4) is 0 Å². The number of benzene rings is 1. The first-order valence-corrected chi connectivity index (χ1v) is 5.48. The molecule has 0 aliphatic heterocycles. The number of Topliss-reactive ketones (excluding diaryl/α,β-unsaturated/α-hetero) is 1. The van der Waals surface area contributed by atoms with E-state index in [1.54, 1.807) is 31.4 Å². The monoisotopic (exact) mass is 221 g/mol. The molecule has 0 heterocycles. The van der Waals surface area contributed by atoms with E-state index in [4.69, 9.17) is 10.5 Å². The van der Waals surface area contributed by atoms with Gasteiger partial charge in [0.05, 0.1) is 13.2 Å². The normalized spacial score (nSPS) is 12.6. The Morgan fingerprint density at radius 2 is 1.88 bits per heavy atom. The molecule has 0 aliphatic rings. The fourth-order valence-electron chi connectivity index (χ4n) is 1.58. The number of carbonyl (C=O) groups is 1. The van der Waals surface area contributed by atoms with Gasteiger partial charge in [-0.1, -0.05) is 13.8 Å². The minimum absolute atomic E-state index is 0.00338. The predicted molar refractivity (Wildman–Crippen MR) is 64.8 cm³/mol. The van der Waals surface area contributed by atoms with Crippen LogP contribution in [0, 0.1) is 5.92 Å². The van der Waals surface area contributed by atoms with Gasteiger partial charge >= 0.3 is 0 Å². The van der Waals surface area contributed by atoms with Crippen molar-refractivity contribution in [2.24, 2.45) is 11.7 Å². The van der Waals surface area contributed by atoms with Crippen LogP contribution in [0.5, 0.6) is 5.75 Å². The van der Waals surface area contributed by atoms with Crippen LogP contribution < -0.4 is 10.5 Å². The van der Waals surface area contributed by atoms with Gasteiger partial charge in [0, 0.05) is 5.56 Å². The lowest BCUT2D eigenvalue weighted by Crippen LogP contribution is -2.31. The molecule has 1 rings (SSSR count). The molecule has 0 spiro atoms. The van der Waals surface area contributed by atoms with Crippen molar-refractivity contribution >= 4 is 5.78 Å². The Bertz CT molecular complexity index is 343. The van der Waals surface area contributed by atoms with Gasteiger partial charge in [-0.2, -0.15) is 0 Å². The van der Waals surface area contributed by atoms with E-state index >= 15 is 0 Å². The third-order valence-corrected chi connectivity index (χ3v) is 2.44. The second-order valence-corrected chi connectivity index (χ2v) is 4.33. The van der Waals surface area contributed by atoms with E-state index < -0.39 is 6.04 Å². The van der Waals surface area contributed by atoms with E-state index in [1.165, 1.54) is 0 Å². The lowest BCUT2D eigenvalue weighted by Gasteiger charge is -2.13. The zero-order valence-corrected chi connectivity index (χ0v) is 10.1. The summed E-state index contributed by atoms with van der Waals surface area (Å²) in [5, 5.41) is 0. The zero-order valence-electron chi connectivity index (χ0n) is 10.1. The highest BCUT2D eigenvalue weighted by Gasteiger charge is 2.16. The van der Waals surface area contributed by atoms with Crippen LogP contribution in [0.4, 0.5) is 0 Å². The van der Waals surface area contributed by atoms with Crippen LogP contribution in [-0.2, 0) is 0 Å². The van der Waals surface area contributed by atoms with Crippen molar-refractivity contribution in [3.63, 3.8) is 0 Å². The molecule has 88 valence electrons. The maximum Gasteiger partial charge on any atom is 0.179 e. The van der Waals surface area contributed by atoms with Crippen molar-refractivity contribution in [1.82, 2.24) is 0 Å². The molecule has 0 amide bonds. The van der Waals surface area contributed by atoms with Crippen molar-refractivity contribution in [3.05, 3.63) is 29.8 Å². The summed E-state index contributed by atoms with van der Waals surface area (Å²) in [4.78, 5) is 11.9. The second kappa shape index (κ2) is 5.66. The molecular weight excluding hydrogens is 202 g/mol. The summed E-state index contributed by atoms with van der Waals surface area (Å²) in [5.41, 5.74) is 6.49. The topological polar surface area (TPSA) is 52.3 Å². The number of ketones is 1. The van der Waals surface area contributed by atoms with Gasteiger partial charge < -0.3 is 10.5 Å². The predicted octanol–water partition coefficient (Wildman–Crippen LogP) is 2.25. The molecule has 16 heavy (non-hydrogen) atoms. The molecule has 0 saturated carbocycles. The van der Waals surface area contributed by atoms with Crippen molar-refractivity contribution in [2.75, 3.05) is 7.11 Å². The fourth-order valence-corrected chi connectivity index (χ4v) is 1.58. The van der Waals surface area contributed by atoms with E-state index in [1.807, 2.05) is 0 Å². The average Bonchev–Trinajstić information content (AvgIpc) is 2.27. The van der Waals surface area contributed by atoms with Crippen LogP contribution in [0.25, 0.3) is 0 Å². The highest BCUT2D eigenvalue weighted by Crippen LogP contribution is 2.14. The van der Waals surface area contributed by atoms with Crippen molar-refractivity contribution in [3.8, 4) is 5.75 Å². The largest absolute Gasteiger partial charge is 0.497 e. The molecule has 3 heteroatoms. The minimum Gasteiger partial charge on any atom is -0.497 e. The highest BCUT2D eigenvalue weighted by atomic mass is 16.5. The number of ether oxygens (including phenoxy) is 1. The molecule has 0 aliphatic carbocycles. The third kappa shape index (κ3) is 3.35. The molecule has 0 bridgehead atoms. The Kier molecular flexibility index (Phi) is 4.50. The maximum atomic E-state index is 11.9. The summed E-state index contributed by atoms with van der Waals surface area (Å²) < 4.78 is 5.03. The van der Waals surface area contributed by atoms with Gasteiger partial charge in [0.1, 0.15) is 5.75 Å². The Hall–Kier alpha value is -1.35. The minimum atomic E-state index is -0.409. The van der Waals surface area contributed by atoms with Crippen molar-refractivity contribution in [1.29, 1.82) is 0 Å². The lowest BCUT2D eigenvalue weighted by atomic mass is 9.97. The third-order valence-electron chi connectivity index (χ3n) is 2.44. The zero-order chi connectivity index (χ0) is 12.1. The lowest BCUT2D eigenvalue weighted by molar-refractivity contribution is 0.0951. The Morgan fingerprint density at radius 3 is 2.31 bits per heavy atom. The first kappa shape index (κ1) is 12.7. The SMILES string of the molecule is COc1ccc(C(=O)[C@H](N)CC(C)C)cc1. The number of methoxy groups -OCH3 is 1. The first-order valence-electron chi connectivity index (χ1n) is 5.48. The van der Waals surface area contributed by atoms with Gasteiger partial charge in [-0.15, -0.1) is 0 Å². The molecule has 0 saturated heterocycles. The van der Waals surface area contributed by atoms with Gasteiger partial charge in [-0.3, -0.25) is 4.79 Å². The molecule has 0 fully saturated rings. The van der Waals surface area contributed by atoms with Gasteiger partial charge in [0.15, 0.2) is 5.78 Å². The summed E-state index contributed by atoms with van der Waals surface area (Å²) in [6, 6.07) is 6.64. The van der Waals surface area contributed by atoms with Crippen LogP contribution >= 0.6 is 0 Å². The second-order valence-electron chi connectivity index (χ2n) is 4.33. The van der Waals surface area contributed by atoms with Crippen molar-refractivity contribution in [2.45, 2.75) is 26.3 Å². The molecule has 1 aromatic rings. The molecule has 0 radical (unpaired) electrons. The summed E-state index contributed by atoms with van der Waals surface area (Å²) in [5.74, 6) is 1.17. The van der Waals surface area contributed by atoms with E-state index in [0.717, 1.165) is 5.75 Å². The van der Waals surface area contributed by atoms with Crippen LogP contribution in [0.1, 0.15) is 30.6 Å². The summed E-state index contributed by atoms with van der Waals surface area (Å²) in [6.07, 6.45) is 0.713. The van der Waals surface area contributed by atoms with Crippen LogP contribution in [-0.4, -0.2) is 18.9 Å². The van der Waals surface area contributed by atoms with E-state index in [0.29, 0.717) is 17.9 Å². The quantitative estimate of drug-likeness (QED) is 0.776. The maximum absolute atomic E-state index is 11.9. The fraction of sp³-hybridized carbons (Fsp3) is 0.462. The standard InChI is InChI=1S/C13H19NO2/c1-9(2)8-12(14)13(15)10-4-6-11(16-3)7-5-10/h4-7,9,12H,8,14H2,1-3H3/t12-/m1/s1. The number of carbonyl (C=O) groups excluding carboxylic acids is 1. The summed E-state index contributed by atoms with van der Waals surface area (Å²) in [6.45, 7) is 4.11. The highest BCUT2D eigenvalue weighted by molar-refractivity contribution is 6.00. The van der Waals surface area contributed by atoms with Gasteiger partial charge in [0.2, 0.25) is 0 Å². The van der Waals surface area contributed by atoms with Gasteiger partial charge in [-0.25, -0.2) is 0 Å². The van der Waals surface area contributed by atoms with Gasteiger partial charge in [-0.05, 0) is 36.6 Å². The number of nitrogens with two attached hydrogens (primary N) is 1. The molecule has 1 atom stereocenters. The smallest absolute Gasteiger partial charge is 0.179 e. The number of hydrogen-bond donors (Lipinski definition) is 1. The van der Waals surface area contributed by atoms with E-state index in [9.17, 15) is 4.79 Å². The molecule has 2 N–H and O–H groups in total. The van der Waals surface area contributed by atoms with E-state index in [2.05, 4.69) is 13.8 Å². The molecule has 3 nitrogen and oxygen atoms in total. The first-order chi connectivity index (χ1) is 7.54.